The van der Waals surface area contributed by atoms with Crippen LogP contribution in [0.5, 0.6) is 11.5 Å². The third-order valence-corrected chi connectivity index (χ3v) is 2.87. The second-order valence-corrected chi connectivity index (χ2v) is 4.42. The summed E-state index contributed by atoms with van der Waals surface area (Å²) in [7, 11) is 1.55. The fourth-order valence-electron chi connectivity index (χ4n) is 1.26. The maximum absolute atomic E-state index is 9.90. The number of rotatable bonds is 3. The van der Waals surface area contributed by atoms with Gasteiger partial charge >= 0.3 is 0 Å². The normalized spacial score (nSPS) is 9.87. The average molecular weight is 271 g/mol. The van der Waals surface area contributed by atoms with E-state index in [1.165, 1.54) is 5.57 Å². The molecule has 0 radical (unpaired) electrons. The molecule has 0 saturated carbocycles. The zero-order valence-corrected chi connectivity index (χ0v) is 10.8. The molecule has 0 aromatic heterocycles. The van der Waals surface area contributed by atoms with Gasteiger partial charge in [0.2, 0.25) is 0 Å². The van der Waals surface area contributed by atoms with Crippen LogP contribution in [0.15, 0.2) is 28.3 Å². The lowest BCUT2D eigenvalue weighted by Crippen LogP contribution is -1.90. The predicted octanol–water partition coefficient (Wildman–Crippen LogP) is 3.67. The lowest BCUT2D eigenvalue weighted by molar-refractivity contribution is 0.371. The zero-order valence-electron chi connectivity index (χ0n) is 9.17. The van der Waals surface area contributed by atoms with Crippen LogP contribution in [0.2, 0.25) is 0 Å². The van der Waals surface area contributed by atoms with Crippen molar-refractivity contribution >= 4 is 15.9 Å². The summed E-state index contributed by atoms with van der Waals surface area (Å²) in [5.74, 6) is 0.722. The third-order valence-electron chi connectivity index (χ3n) is 2.12. The van der Waals surface area contributed by atoms with Crippen LogP contribution in [0.3, 0.4) is 0 Å². The van der Waals surface area contributed by atoms with Gasteiger partial charge in [-0.15, -0.1) is 0 Å². The maximum atomic E-state index is 9.90. The second-order valence-electron chi connectivity index (χ2n) is 3.56. The van der Waals surface area contributed by atoms with Crippen LogP contribution in [0.4, 0.5) is 0 Å². The monoisotopic (exact) mass is 270 g/mol. The number of methoxy groups -OCH3 is 1. The van der Waals surface area contributed by atoms with Crippen molar-refractivity contribution < 1.29 is 9.84 Å². The molecule has 0 saturated heterocycles. The van der Waals surface area contributed by atoms with E-state index in [0.717, 1.165) is 10.0 Å². The number of halogens is 1. The Morgan fingerprint density at radius 1 is 1.47 bits per heavy atom. The molecular weight excluding hydrogens is 256 g/mol. The van der Waals surface area contributed by atoms with E-state index in [1.807, 2.05) is 19.9 Å². The van der Waals surface area contributed by atoms with E-state index in [-0.39, 0.29) is 5.75 Å². The van der Waals surface area contributed by atoms with Gasteiger partial charge in [0.1, 0.15) is 0 Å². The highest BCUT2D eigenvalue weighted by atomic mass is 79.9. The molecular formula is C12H15BrO2. The Hall–Kier alpha value is -0.960. The first-order chi connectivity index (χ1) is 7.06. The van der Waals surface area contributed by atoms with Gasteiger partial charge in [-0.2, -0.15) is 0 Å². The molecule has 1 N–H and O–H groups in total. The molecule has 3 heteroatoms. The van der Waals surface area contributed by atoms with Crippen LogP contribution in [0.1, 0.15) is 19.4 Å². The van der Waals surface area contributed by atoms with Gasteiger partial charge in [0, 0.05) is 10.0 Å². The highest BCUT2D eigenvalue weighted by Gasteiger charge is 2.10. The quantitative estimate of drug-likeness (QED) is 0.850. The van der Waals surface area contributed by atoms with Crippen molar-refractivity contribution in [2.24, 2.45) is 0 Å². The molecule has 0 fully saturated rings. The highest BCUT2D eigenvalue weighted by Crippen LogP contribution is 2.35. The number of hydrogen-bond acceptors (Lipinski definition) is 2. The molecule has 0 aliphatic heterocycles. The van der Waals surface area contributed by atoms with E-state index in [1.54, 1.807) is 13.2 Å². The predicted molar refractivity (Wildman–Crippen MR) is 65.5 cm³/mol. The first kappa shape index (κ1) is 12.1. The molecule has 0 spiro atoms. The van der Waals surface area contributed by atoms with E-state index in [2.05, 4.69) is 22.0 Å². The Labute approximate surface area is 98.7 Å². The van der Waals surface area contributed by atoms with Crippen molar-refractivity contribution in [2.75, 3.05) is 7.11 Å². The van der Waals surface area contributed by atoms with Gasteiger partial charge in [0.05, 0.1) is 7.11 Å². The second kappa shape index (κ2) is 5.21. The molecule has 1 rings (SSSR count). The molecule has 1 aromatic rings. The summed E-state index contributed by atoms with van der Waals surface area (Å²) in [6, 6.07) is 3.62. The van der Waals surface area contributed by atoms with Gasteiger partial charge in [0.15, 0.2) is 11.5 Å². The minimum Gasteiger partial charge on any atom is -0.504 e. The Kier molecular flexibility index (Phi) is 4.21. The molecule has 2 nitrogen and oxygen atoms in total. The maximum Gasteiger partial charge on any atom is 0.162 e. The van der Waals surface area contributed by atoms with E-state index < -0.39 is 0 Å². The molecule has 0 aliphatic rings. The van der Waals surface area contributed by atoms with Crippen molar-refractivity contribution in [3.63, 3.8) is 0 Å². The summed E-state index contributed by atoms with van der Waals surface area (Å²) in [6.07, 6.45) is 2.77. The smallest absolute Gasteiger partial charge is 0.162 e. The Bertz CT molecular complexity index is 379. The topological polar surface area (TPSA) is 29.5 Å². The Morgan fingerprint density at radius 2 is 2.13 bits per heavy atom. The number of phenols is 1. The minimum atomic E-state index is 0.212. The lowest BCUT2D eigenvalue weighted by atomic mass is 10.1. The molecule has 0 unspecified atom stereocenters. The highest BCUT2D eigenvalue weighted by molar-refractivity contribution is 9.10. The summed E-state index contributed by atoms with van der Waals surface area (Å²) < 4.78 is 5.96. The van der Waals surface area contributed by atoms with Crippen LogP contribution in [0, 0.1) is 0 Å². The van der Waals surface area contributed by atoms with Gasteiger partial charge in [-0.1, -0.05) is 27.6 Å². The summed E-state index contributed by atoms with van der Waals surface area (Å²) >= 11 is 3.42. The van der Waals surface area contributed by atoms with Gasteiger partial charge < -0.3 is 9.84 Å². The van der Waals surface area contributed by atoms with E-state index >= 15 is 0 Å². The van der Waals surface area contributed by atoms with Crippen LogP contribution in [-0.4, -0.2) is 12.2 Å². The molecule has 0 bridgehead atoms. The van der Waals surface area contributed by atoms with Crippen molar-refractivity contribution in [1.82, 2.24) is 0 Å². The zero-order chi connectivity index (χ0) is 11.4. The number of benzene rings is 1. The molecule has 82 valence electrons. The fraction of sp³-hybridized carbons (Fsp3) is 0.333. The van der Waals surface area contributed by atoms with Crippen molar-refractivity contribution in [1.29, 1.82) is 0 Å². The lowest BCUT2D eigenvalue weighted by Gasteiger charge is -2.09. The van der Waals surface area contributed by atoms with E-state index in [0.29, 0.717) is 12.2 Å². The van der Waals surface area contributed by atoms with Crippen molar-refractivity contribution in [3.8, 4) is 11.5 Å². The number of allylic oxidation sites excluding steroid dienone is 2. The standard InChI is InChI=1S/C12H15BrO2/c1-8(2)4-5-9-10(13)6-7-11(15-3)12(9)14/h4,6-7,14H,5H2,1-3H3. The van der Waals surface area contributed by atoms with E-state index in [4.69, 9.17) is 4.74 Å². The largest absolute Gasteiger partial charge is 0.504 e. The van der Waals surface area contributed by atoms with Gasteiger partial charge in [-0.05, 0) is 32.4 Å². The molecule has 0 atom stereocenters. The third kappa shape index (κ3) is 2.99. The van der Waals surface area contributed by atoms with Crippen LogP contribution >= 0.6 is 15.9 Å². The van der Waals surface area contributed by atoms with Crippen LogP contribution in [0.25, 0.3) is 0 Å². The van der Waals surface area contributed by atoms with Crippen LogP contribution in [-0.2, 0) is 6.42 Å². The SMILES string of the molecule is COc1ccc(Br)c(CC=C(C)C)c1O. The molecule has 0 heterocycles. The first-order valence-electron chi connectivity index (χ1n) is 4.74. The minimum absolute atomic E-state index is 0.212. The number of ether oxygens (including phenoxy) is 1. The van der Waals surface area contributed by atoms with Crippen LogP contribution < -0.4 is 4.74 Å². The number of phenolic OH excluding ortho intramolecular Hbond substituents is 1. The van der Waals surface area contributed by atoms with Crippen molar-refractivity contribution in [3.05, 3.63) is 33.8 Å². The first-order valence-corrected chi connectivity index (χ1v) is 5.53. The summed E-state index contributed by atoms with van der Waals surface area (Å²) in [4.78, 5) is 0. The fourth-order valence-corrected chi connectivity index (χ4v) is 1.74. The molecule has 15 heavy (non-hydrogen) atoms. The average Bonchev–Trinajstić information content (AvgIpc) is 2.17. The summed E-state index contributed by atoms with van der Waals surface area (Å²) in [6.45, 7) is 4.07. The van der Waals surface area contributed by atoms with Gasteiger partial charge in [0.25, 0.3) is 0 Å². The molecule has 0 aliphatic carbocycles. The Balaban J connectivity index is 3.09. The summed E-state index contributed by atoms with van der Waals surface area (Å²) in [5, 5.41) is 9.90. The molecule has 1 aromatic carbocycles. The molecule has 0 amide bonds. The van der Waals surface area contributed by atoms with Gasteiger partial charge in [-0.25, -0.2) is 0 Å². The number of hydrogen-bond donors (Lipinski definition) is 1. The van der Waals surface area contributed by atoms with Gasteiger partial charge in [-0.3, -0.25) is 0 Å². The summed E-state index contributed by atoms with van der Waals surface area (Å²) in [5.41, 5.74) is 2.08. The Morgan fingerprint density at radius 3 is 2.67 bits per heavy atom. The van der Waals surface area contributed by atoms with E-state index in [9.17, 15) is 5.11 Å². The van der Waals surface area contributed by atoms with Crippen molar-refractivity contribution in [2.45, 2.75) is 20.3 Å². The number of aromatic hydroxyl groups is 1.